The number of benzene rings is 1. The number of likely N-dealkylation sites (tertiary alicyclic amines) is 1. The Morgan fingerprint density at radius 3 is 2.39 bits per heavy atom. The minimum atomic E-state index is -0.915. The van der Waals surface area contributed by atoms with E-state index in [0.29, 0.717) is 24.6 Å². The summed E-state index contributed by atoms with van der Waals surface area (Å²) in [4.78, 5) is 23.8. The van der Waals surface area contributed by atoms with Crippen molar-refractivity contribution in [2.75, 3.05) is 64.7 Å². The molecule has 0 aliphatic carbocycles. The van der Waals surface area contributed by atoms with Crippen LogP contribution in [-0.4, -0.2) is 95.4 Å². The number of guanidine groups is 1. The zero-order valence-corrected chi connectivity index (χ0v) is 19.6. The average molecular weight is 448 g/mol. The highest BCUT2D eigenvalue weighted by Crippen LogP contribution is 2.10. The molecule has 1 unspecified atom stereocenters. The van der Waals surface area contributed by atoms with Crippen molar-refractivity contribution in [3.8, 4) is 0 Å². The van der Waals surface area contributed by atoms with Crippen LogP contribution in [0.15, 0.2) is 35.3 Å². The Kier molecular flexibility index (Phi) is 9.81. The number of hydrogen-bond acceptors (Lipinski definition) is 4. The van der Waals surface area contributed by atoms with Gasteiger partial charge in [-0.25, -0.2) is 0 Å². The minimum absolute atomic E-state index is 0.273. The summed E-state index contributed by atoms with van der Waals surface area (Å²) in [5, 5.41) is 3.37. The van der Waals surface area contributed by atoms with Crippen molar-refractivity contribution < 1.29 is 9.00 Å². The molecule has 7 nitrogen and oxygen atoms in total. The molecule has 2 saturated heterocycles. The van der Waals surface area contributed by atoms with Crippen LogP contribution in [0, 0.1) is 0 Å². The molecule has 0 spiro atoms. The summed E-state index contributed by atoms with van der Waals surface area (Å²) in [7, 11) is -0.915. The maximum Gasteiger partial charge on any atom is 0.236 e. The van der Waals surface area contributed by atoms with Gasteiger partial charge in [0.15, 0.2) is 5.96 Å². The number of piperazine rings is 1. The predicted molar refractivity (Wildman–Crippen MR) is 128 cm³/mol. The first-order chi connectivity index (χ1) is 15.2. The molecule has 0 bridgehead atoms. The third kappa shape index (κ3) is 7.92. The molecule has 2 aliphatic heterocycles. The number of nitrogens with one attached hydrogen (secondary N) is 1. The molecule has 0 radical (unpaired) electrons. The zero-order valence-electron chi connectivity index (χ0n) is 18.8. The Balaban J connectivity index is 1.42. The Morgan fingerprint density at radius 1 is 1.00 bits per heavy atom. The number of amides is 1. The van der Waals surface area contributed by atoms with Gasteiger partial charge in [0, 0.05) is 68.1 Å². The first kappa shape index (κ1) is 23.7. The molecule has 3 rings (SSSR count). The quantitative estimate of drug-likeness (QED) is 0.484. The number of carbonyl (C=O) groups is 1. The monoisotopic (exact) mass is 447 g/mol. The first-order valence-electron chi connectivity index (χ1n) is 11.6. The van der Waals surface area contributed by atoms with Crippen LogP contribution in [0.5, 0.6) is 0 Å². The topological polar surface area (TPSA) is 68.2 Å². The van der Waals surface area contributed by atoms with Crippen LogP contribution >= 0.6 is 0 Å². The number of piperidine rings is 1. The summed E-state index contributed by atoms with van der Waals surface area (Å²) in [5.41, 5.74) is 1.10. The van der Waals surface area contributed by atoms with Crippen molar-refractivity contribution >= 4 is 22.7 Å². The summed E-state index contributed by atoms with van der Waals surface area (Å²) in [6.07, 6.45) is 3.52. The standard InChI is InChI=1S/C23H37N5O2S/c1-2-24-23(25-11-18-31(30)20-21-9-5-3-6-10-21)28-16-14-26(15-17-28)19-22(29)27-12-7-4-8-13-27/h3,5-6,9-10H,2,4,7-8,11-20H2,1H3,(H,24,25). The summed E-state index contributed by atoms with van der Waals surface area (Å²) in [5.74, 6) is 2.31. The summed E-state index contributed by atoms with van der Waals surface area (Å²) >= 11 is 0. The Hall–Kier alpha value is -1.93. The van der Waals surface area contributed by atoms with E-state index in [1.165, 1.54) is 6.42 Å². The fourth-order valence-corrected chi connectivity index (χ4v) is 5.07. The molecule has 1 N–H and O–H groups in total. The van der Waals surface area contributed by atoms with E-state index in [-0.39, 0.29) is 5.91 Å². The maximum absolute atomic E-state index is 12.5. The molecule has 2 heterocycles. The molecule has 0 saturated carbocycles. The van der Waals surface area contributed by atoms with Crippen LogP contribution < -0.4 is 5.32 Å². The highest BCUT2D eigenvalue weighted by Gasteiger charge is 2.24. The molecule has 1 aromatic carbocycles. The number of nitrogens with zero attached hydrogens (tertiary/aromatic N) is 4. The SMILES string of the molecule is CCNC(=NCCS(=O)Cc1ccccc1)N1CCN(CC(=O)N2CCCCC2)CC1. The zero-order chi connectivity index (χ0) is 21.9. The number of aliphatic imine (C=N–C) groups is 1. The summed E-state index contributed by atoms with van der Waals surface area (Å²) in [6, 6.07) is 9.96. The fraction of sp³-hybridized carbons (Fsp3) is 0.652. The molecule has 1 aromatic rings. The Labute approximate surface area is 189 Å². The highest BCUT2D eigenvalue weighted by atomic mass is 32.2. The van der Waals surface area contributed by atoms with Crippen LogP contribution in [-0.2, 0) is 21.3 Å². The van der Waals surface area contributed by atoms with Gasteiger partial charge in [-0.3, -0.25) is 18.9 Å². The third-order valence-corrected chi connectivity index (χ3v) is 7.12. The predicted octanol–water partition coefficient (Wildman–Crippen LogP) is 1.53. The van der Waals surface area contributed by atoms with E-state index in [2.05, 4.69) is 22.0 Å². The van der Waals surface area contributed by atoms with E-state index < -0.39 is 10.8 Å². The van der Waals surface area contributed by atoms with Crippen molar-refractivity contribution in [1.29, 1.82) is 0 Å². The second-order valence-electron chi connectivity index (χ2n) is 8.21. The van der Waals surface area contributed by atoms with Gasteiger partial charge in [0.1, 0.15) is 0 Å². The largest absolute Gasteiger partial charge is 0.357 e. The molecular formula is C23H37N5O2S. The van der Waals surface area contributed by atoms with Gasteiger partial charge in [-0.2, -0.15) is 0 Å². The third-order valence-electron chi connectivity index (χ3n) is 5.83. The summed E-state index contributed by atoms with van der Waals surface area (Å²) in [6.45, 7) is 9.22. The van der Waals surface area contributed by atoms with E-state index in [1.807, 2.05) is 35.2 Å². The normalized spacial score (nSPS) is 19.3. The van der Waals surface area contributed by atoms with Crippen molar-refractivity contribution in [1.82, 2.24) is 20.0 Å². The van der Waals surface area contributed by atoms with Crippen molar-refractivity contribution in [3.63, 3.8) is 0 Å². The molecule has 1 atom stereocenters. The van der Waals surface area contributed by atoms with Gasteiger partial charge in [0.2, 0.25) is 5.91 Å². The molecule has 1 amide bonds. The van der Waals surface area contributed by atoms with Gasteiger partial charge >= 0.3 is 0 Å². The maximum atomic E-state index is 12.5. The van der Waals surface area contributed by atoms with Gasteiger partial charge in [-0.05, 0) is 31.7 Å². The number of hydrogen-bond donors (Lipinski definition) is 1. The number of rotatable bonds is 8. The molecule has 172 valence electrons. The second-order valence-corrected chi connectivity index (χ2v) is 9.79. The second kappa shape index (κ2) is 12.8. The van der Waals surface area contributed by atoms with Gasteiger partial charge in [-0.15, -0.1) is 0 Å². The molecule has 0 aromatic heterocycles. The van der Waals surface area contributed by atoms with Gasteiger partial charge in [0.25, 0.3) is 0 Å². The number of carbonyl (C=O) groups excluding carboxylic acids is 1. The van der Waals surface area contributed by atoms with Gasteiger partial charge in [-0.1, -0.05) is 30.3 Å². The van der Waals surface area contributed by atoms with Gasteiger partial charge < -0.3 is 15.1 Å². The van der Waals surface area contributed by atoms with E-state index in [0.717, 1.165) is 70.2 Å². The van der Waals surface area contributed by atoms with Crippen LogP contribution in [0.3, 0.4) is 0 Å². The van der Waals surface area contributed by atoms with E-state index in [1.54, 1.807) is 0 Å². The Morgan fingerprint density at radius 2 is 1.71 bits per heavy atom. The summed E-state index contributed by atoms with van der Waals surface area (Å²) < 4.78 is 12.4. The minimum Gasteiger partial charge on any atom is -0.357 e. The molecule has 2 aliphatic rings. The fourth-order valence-electron chi connectivity index (χ4n) is 4.06. The van der Waals surface area contributed by atoms with Crippen LogP contribution in [0.1, 0.15) is 31.7 Å². The smallest absolute Gasteiger partial charge is 0.236 e. The van der Waals surface area contributed by atoms with Crippen LogP contribution in [0.2, 0.25) is 0 Å². The van der Waals surface area contributed by atoms with Crippen molar-refractivity contribution in [2.45, 2.75) is 31.9 Å². The Bertz CT molecular complexity index is 729. The van der Waals surface area contributed by atoms with E-state index in [9.17, 15) is 9.00 Å². The molecule has 8 heteroatoms. The van der Waals surface area contributed by atoms with Gasteiger partial charge in [0.05, 0.1) is 13.1 Å². The van der Waals surface area contributed by atoms with E-state index >= 15 is 0 Å². The molecular weight excluding hydrogens is 410 g/mol. The lowest BCUT2D eigenvalue weighted by Crippen LogP contribution is -2.54. The average Bonchev–Trinajstić information content (AvgIpc) is 2.80. The lowest BCUT2D eigenvalue weighted by atomic mass is 10.1. The van der Waals surface area contributed by atoms with E-state index in [4.69, 9.17) is 4.99 Å². The van der Waals surface area contributed by atoms with Crippen LogP contribution in [0.25, 0.3) is 0 Å². The van der Waals surface area contributed by atoms with Crippen LogP contribution in [0.4, 0.5) is 0 Å². The molecule has 31 heavy (non-hydrogen) atoms. The van der Waals surface area contributed by atoms with Crippen molar-refractivity contribution in [2.24, 2.45) is 4.99 Å². The highest BCUT2D eigenvalue weighted by molar-refractivity contribution is 7.84. The first-order valence-corrected chi connectivity index (χ1v) is 13.1. The molecule has 2 fully saturated rings. The van der Waals surface area contributed by atoms with Crippen molar-refractivity contribution in [3.05, 3.63) is 35.9 Å². The lowest BCUT2D eigenvalue weighted by molar-refractivity contribution is -0.133. The lowest BCUT2D eigenvalue weighted by Gasteiger charge is -2.37.